The molecule has 0 bridgehead atoms. The van der Waals surface area contributed by atoms with Crippen LogP contribution in [0.25, 0.3) is 16.9 Å². The smallest absolute Gasteiger partial charge is 0.255 e. The Bertz CT molecular complexity index is 1140. The van der Waals surface area contributed by atoms with Crippen LogP contribution in [0.3, 0.4) is 0 Å². The first-order valence-corrected chi connectivity index (χ1v) is 9.96. The van der Waals surface area contributed by atoms with Crippen LogP contribution < -0.4 is 5.32 Å². The number of nitrogens with zero attached hydrogens (tertiary/aromatic N) is 4. The van der Waals surface area contributed by atoms with E-state index in [-0.39, 0.29) is 5.91 Å². The van der Waals surface area contributed by atoms with Crippen LogP contribution in [0.1, 0.15) is 28.5 Å². The second kappa shape index (κ2) is 8.92. The monoisotopic (exact) mass is 421 g/mol. The van der Waals surface area contributed by atoms with Crippen LogP contribution >= 0.6 is 11.6 Å². The van der Waals surface area contributed by atoms with E-state index < -0.39 is 0 Å². The van der Waals surface area contributed by atoms with Crippen LogP contribution in [-0.2, 0) is 6.42 Å². The van der Waals surface area contributed by atoms with Crippen molar-refractivity contribution in [1.29, 1.82) is 0 Å². The van der Waals surface area contributed by atoms with E-state index in [0.717, 1.165) is 11.3 Å². The van der Waals surface area contributed by atoms with Crippen molar-refractivity contribution in [3.8, 4) is 16.9 Å². The molecule has 4 aromatic rings. The molecule has 152 valence electrons. The standard InChI is InChI=1S/C22H20ClN5O2/c1-15-25-20(30-27-15)8-5-13-24-22(29)19-14-28(18-6-3-2-4-7-18)26-21(19)16-9-11-17(23)12-10-16/h2-4,6-7,9-12,14H,5,8,13H2,1H3,(H,24,29). The summed E-state index contributed by atoms with van der Waals surface area (Å²) < 4.78 is 6.81. The molecule has 0 fully saturated rings. The molecule has 0 aliphatic carbocycles. The van der Waals surface area contributed by atoms with Gasteiger partial charge in [-0.05, 0) is 37.6 Å². The molecule has 0 unspecified atom stereocenters. The van der Waals surface area contributed by atoms with E-state index in [4.69, 9.17) is 16.1 Å². The van der Waals surface area contributed by atoms with Gasteiger partial charge in [0.25, 0.3) is 5.91 Å². The Kier molecular flexibility index (Phi) is 5.90. The predicted molar refractivity (Wildman–Crippen MR) is 114 cm³/mol. The fourth-order valence-corrected chi connectivity index (χ4v) is 3.18. The number of benzene rings is 2. The number of hydrogen-bond acceptors (Lipinski definition) is 5. The van der Waals surface area contributed by atoms with Crippen molar-refractivity contribution < 1.29 is 9.32 Å². The lowest BCUT2D eigenvalue weighted by Gasteiger charge is -2.05. The quantitative estimate of drug-likeness (QED) is 0.451. The Morgan fingerprint density at radius 2 is 1.90 bits per heavy atom. The van der Waals surface area contributed by atoms with Crippen molar-refractivity contribution in [1.82, 2.24) is 25.2 Å². The molecular weight excluding hydrogens is 402 g/mol. The van der Waals surface area contributed by atoms with E-state index in [2.05, 4.69) is 20.6 Å². The van der Waals surface area contributed by atoms with Gasteiger partial charge in [0.05, 0.1) is 11.3 Å². The number of rotatable bonds is 7. The van der Waals surface area contributed by atoms with Gasteiger partial charge in [-0.15, -0.1) is 0 Å². The molecule has 7 nitrogen and oxygen atoms in total. The van der Waals surface area contributed by atoms with Gasteiger partial charge in [-0.1, -0.05) is 47.1 Å². The average molecular weight is 422 g/mol. The number of carbonyl (C=O) groups is 1. The number of para-hydroxylation sites is 1. The topological polar surface area (TPSA) is 85.8 Å². The molecule has 2 heterocycles. The summed E-state index contributed by atoms with van der Waals surface area (Å²) in [5, 5.41) is 12.0. The van der Waals surface area contributed by atoms with Crippen molar-refractivity contribution in [3.05, 3.63) is 83.1 Å². The summed E-state index contributed by atoms with van der Waals surface area (Å²) in [6.45, 7) is 2.26. The van der Waals surface area contributed by atoms with Gasteiger partial charge < -0.3 is 9.84 Å². The van der Waals surface area contributed by atoms with E-state index in [0.29, 0.717) is 47.4 Å². The summed E-state index contributed by atoms with van der Waals surface area (Å²) in [5.41, 5.74) is 2.79. The SMILES string of the molecule is Cc1noc(CCCNC(=O)c2cn(-c3ccccc3)nc2-c2ccc(Cl)cc2)n1. The zero-order valence-corrected chi connectivity index (χ0v) is 17.1. The summed E-state index contributed by atoms with van der Waals surface area (Å²) in [4.78, 5) is 17.1. The van der Waals surface area contributed by atoms with Crippen molar-refractivity contribution in [2.24, 2.45) is 0 Å². The number of carbonyl (C=O) groups excluding carboxylic acids is 1. The van der Waals surface area contributed by atoms with Crippen LogP contribution in [0.15, 0.2) is 65.3 Å². The average Bonchev–Trinajstić information content (AvgIpc) is 3.39. The maximum absolute atomic E-state index is 12.9. The molecule has 4 rings (SSSR count). The molecule has 1 N–H and O–H groups in total. The normalized spacial score (nSPS) is 10.9. The van der Waals surface area contributed by atoms with Crippen molar-refractivity contribution in [2.45, 2.75) is 19.8 Å². The highest BCUT2D eigenvalue weighted by Gasteiger charge is 2.18. The van der Waals surface area contributed by atoms with E-state index in [1.807, 2.05) is 42.5 Å². The molecule has 0 aliphatic heterocycles. The third-order valence-electron chi connectivity index (χ3n) is 4.52. The minimum Gasteiger partial charge on any atom is -0.352 e. The lowest BCUT2D eigenvalue weighted by Crippen LogP contribution is -2.25. The minimum absolute atomic E-state index is 0.191. The van der Waals surface area contributed by atoms with Crippen molar-refractivity contribution in [3.63, 3.8) is 0 Å². The van der Waals surface area contributed by atoms with Crippen LogP contribution in [0.2, 0.25) is 5.02 Å². The van der Waals surface area contributed by atoms with Crippen molar-refractivity contribution >= 4 is 17.5 Å². The van der Waals surface area contributed by atoms with Gasteiger partial charge in [-0.3, -0.25) is 4.79 Å². The zero-order chi connectivity index (χ0) is 20.9. The van der Waals surface area contributed by atoms with Crippen LogP contribution in [0, 0.1) is 6.92 Å². The van der Waals surface area contributed by atoms with E-state index in [9.17, 15) is 4.79 Å². The lowest BCUT2D eigenvalue weighted by atomic mass is 10.1. The Labute approximate surface area is 178 Å². The summed E-state index contributed by atoms with van der Waals surface area (Å²) in [6.07, 6.45) is 3.04. The van der Waals surface area contributed by atoms with Crippen LogP contribution in [0.5, 0.6) is 0 Å². The number of nitrogens with one attached hydrogen (secondary N) is 1. The second-order valence-corrected chi connectivity index (χ2v) is 7.21. The van der Waals surface area contributed by atoms with Gasteiger partial charge in [0.1, 0.15) is 5.69 Å². The Morgan fingerprint density at radius 1 is 1.13 bits per heavy atom. The van der Waals surface area contributed by atoms with Gasteiger partial charge in [0.15, 0.2) is 5.82 Å². The maximum atomic E-state index is 12.9. The highest BCUT2D eigenvalue weighted by molar-refractivity contribution is 6.30. The third kappa shape index (κ3) is 4.58. The fourth-order valence-electron chi connectivity index (χ4n) is 3.05. The molecule has 8 heteroatoms. The first kappa shape index (κ1) is 19.8. The molecule has 1 amide bonds. The van der Waals surface area contributed by atoms with Gasteiger partial charge >= 0.3 is 0 Å². The Morgan fingerprint density at radius 3 is 2.60 bits per heavy atom. The summed E-state index contributed by atoms with van der Waals surface area (Å²) in [5.74, 6) is 0.985. The number of aryl methyl sites for hydroxylation is 2. The summed E-state index contributed by atoms with van der Waals surface area (Å²) >= 11 is 6.02. The number of hydrogen-bond donors (Lipinski definition) is 1. The highest BCUT2D eigenvalue weighted by atomic mass is 35.5. The molecule has 0 radical (unpaired) electrons. The molecule has 0 saturated carbocycles. The van der Waals surface area contributed by atoms with Crippen LogP contribution in [0.4, 0.5) is 0 Å². The number of aromatic nitrogens is 4. The van der Waals surface area contributed by atoms with Gasteiger partial charge in [-0.2, -0.15) is 10.1 Å². The number of amides is 1. The molecule has 2 aromatic heterocycles. The molecule has 30 heavy (non-hydrogen) atoms. The van der Waals surface area contributed by atoms with Gasteiger partial charge in [0.2, 0.25) is 5.89 Å². The lowest BCUT2D eigenvalue weighted by molar-refractivity contribution is 0.0953. The second-order valence-electron chi connectivity index (χ2n) is 6.77. The van der Waals surface area contributed by atoms with Gasteiger partial charge in [-0.25, -0.2) is 4.68 Å². The Hall–Kier alpha value is -3.45. The fraction of sp³-hybridized carbons (Fsp3) is 0.182. The number of halogens is 1. The van der Waals surface area contributed by atoms with Crippen molar-refractivity contribution in [2.75, 3.05) is 6.54 Å². The Balaban J connectivity index is 1.53. The largest absolute Gasteiger partial charge is 0.352 e. The summed E-state index contributed by atoms with van der Waals surface area (Å²) in [6, 6.07) is 16.9. The maximum Gasteiger partial charge on any atom is 0.255 e. The molecular formula is C22H20ClN5O2. The van der Waals surface area contributed by atoms with E-state index in [1.165, 1.54) is 0 Å². The molecule has 0 atom stereocenters. The molecule has 0 spiro atoms. The van der Waals surface area contributed by atoms with E-state index >= 15 is 0 Å². The third-order valence-corrected chi connectivity index (χ3v) is 4.77. The molecule has 2 aromatic carbocycles. The predicted octanol–water partition coefficient (Wildman–Crippen LogP) is 4.25. The van der Waals surface area contributed by atoms with Crippen LogP contribution in [-0.4, -0.2) is 32.4 Å². The van der Waals surface area contributed by atoms with E-state index in [1.54, 1.807) is 29.9 Å². The van der Waals surface area contributed by atoms with Gasteiger partial charge in [0, 0.05) is 29.7 Å². The first-order valence-electron chi connectivity index (χ1n) is 9.58. The zero-order valence-electron chi connectivity index (χ0n) is 16.4. The first-order chi connectivity index (χ1) is 14.6. The molecule has 0 saturated heterocycles. The minimum atomic E-state index is -0.191. The molecule has 0 aliphatic rings. The summed E-state index contributed by atoms with van der Waals surface area (Å²) in [7, 11) is 0. The highest BCUT2D eigenvalue weighted by Crippen LogP contribution is 2.25.